The smallest absolute Gasteiger partial charge is 0.332 e. The Bertz CT molecular complexity index is 589. The Morgan fingerprint density at radius 1 is 1.37 bits per heavy atom. The molecule has 0 radical (unpaired) electrons. The van der Waals surface area contributed by atoms with E-state index in [0.29, 0.717) is 5.56 Å². The van der Waals surface area contributed by atoms with E-state index in [9.17, 15) is 13.2 Å². The maximum absolute atomic E-state index is 11.8. The first-order valence-electron chi connectivity index (χ1n) is 5.27. The van der Waals surface area contributed by atoms with Crippen LogP contribution >= 0.6 is 0 Å². The molecule has 0 saturated carbocycles. The average Bonchev–Trinajstić information content (AvgIpc) is 2.38. The summed E-state index contributed by atoms with van der Waals surface area (Å²) < 4.78 is 25.7. The van der Waals surface area contributed by atoms with Gasteiger partial charge >= 0.3 is 5.97 Å². The number of hydrogen-bond donors (Lipinski definition) is 3. The van der Waals surface area contributed by atoms with E-state index in [0.717, 1.165) is 0 Å². The molecule has 0 fully saturated rings. The number of carboxylic acids is 1. The first-order valence-corrected chi connectivity index (χ1v) is 6.76. The zero-order chi connectivity index (χ0) is 14.5. The highest BCUT2D eigenvalue weighted by Crippen LogP contribution is 2.09. The molecule has 0 saturated heterocycles. The number of aliphatic carboxylic acids is 1. The van der Waals surface area contributed by atoms with Crippen molar-refractivity contribution in [1.82, 2.24) is 4.72 Å². The third-order valence-electron chi connectivity index (χ3n) is 2.29. The van der Waals surface area contributed by atoms with Gasteiger partial charge in [-0.1, -0.05) is 0 Å². The molecular formula is C11H12N2O5S. The highest BCUT2D eigenvalue weighted by atomic mass is 32.2. The van der Waals surface area contributed by atoms with Crippen molar-refractivity contribution >= 4 is 16.0 Å². The summed E-state index contributed by atoms with van der Waals surface area (Å²) in [6.07, 6.45) is -1.84. The van der Waals surface area contributed by atoms with Crippen molar-refractivity contribution in [3.8, 4) is 6.07 Å². The number of nitriles is 1. The van der Waals surface area contributed by atoms with Crippen molar-refractivity contribution in [1.29, 1.82) is 5.26 Å². The number of rotatable bonds is 6. The Balaban J connectivity index is 2.66. The zero-order valence-corrected chi connectivity index (χ0v) is 10.6. The number of nitrogens with zero attached hydrogens (tertiary/aromatic N) is 1. The van der Waals surface area contributed by atoms with Gasteiger partial charge in [-0.05, 0) is 30.7 Å². The fourth-order valence-corrected chi connectivity index (χ4v) is 2.29. The molecule has 0 aliphatic rings. The van der Waals surface area contributed by atoms with Gasteiger partial charge in [-0.2, -0.15) is 5.26 Å². The fraction of sp³-hybridized carbons (Fsp3) is 0.273. The third kappa shape index (κ3) is 4.33. The minimum Gasteiger partial charge on any atom is -0.479 e. The second-order valence-corrected chi connectivity index (χ2v) is 5.44. The van der Waals surface area contributed by atoms with Crippen LogP contribution in [0.3, 0.4) is 0 Å². The number of hydrogen-bond acceptors (Lipinski definition) is 5. The lowest BCUT2D eigenvalue weighted by atomic mass is 10.2. The second kappa shape index (κ2) is 6.29. The van der Waals surface area contributed by atoms with E-state index in [1.54, 1.807) is 0 Å². The summed E-state index contributed by atoms with van der Waals surface area (Å²) in [6, 6.07) is 7.13. The maximum atomic E-state index is 11.8. The van der Waals surface area contributed by atoms with Crippen LogP contribution < -0.4 is 4.72 Å². The molecule has 0 heterocycles. The first kappa shape index (κ1) is 15.1. The van der Waals surface area contributed by atoms with Crippen LogP contribution in [0.5, 0.6) is 0 Å². The summed E-state index contributed by atoms with van der Waals surface area (Å²) >= 11 is 0. The highest BCUT2D eigenvalue weighted by molar-refractivity contribution is 7.89. The lowest BCUT2D eigenvalue weighted by molar-refractivity contribution is -0.146. The van der Waals surface area contributed by atoms with Gasteiger partial charge in [0.25, 0.3) is 0 Å². The van der Waals surface area contributed by atoms with Crippen LogP contribution in [0.15, 0.2) is 29.2 Å². The lowest BCUT2D eigenvalue weighted by Gasteiger charge is -2.08. The van der Waals surface area contributed by atoms with Gasteiger partial charge in [0.1, 0.15) is 0 Å². The number of carboxylic acid groups (broad SMARTS) is 1. The molecule has 1 atom stereocenters. The van der Waals surface area contributed by atoms with Crippen LogP contribution in [-0.2, 0) is 14.8 Å². The van der Waals surface area contributed by atoms with E-state index in [-0.39, 0.29) is 17.9 Å². The molecule has 0 bridgehead atoms. The Morgan fingerprint density at radius 3 is 2.42 bits per heavy atom. The normalized spacial score (nSPS) is 12.6. The summed E-state index contributed by atoms with van der Waals surface area (Å²) in [7, 11) is -3.77. The molecule has 1 aromatic rings. The maximum Gasteiger partial charge on any atom is 0.332 e. The summed E-state index contributed by atoms with van der Waals surface area (Å²) in [5.41, 5.74) is 0.334. The summed E-state index contributed by atoms with van der Waals surface area (Å²) in [4.78, 5) is 10.3. The third-order valence-corrected chi connectivity index (χ3v) is 3.77. The van der Waals surface area contributed by atoms with Gasteiger partial charge in [-0.25, -0.2) is 17.9 Å². The van der Waals surface area contributed by atoms with Crippen LogP contribution in [-0.4, -0.2) is 37.2 Å². The molecular weight excluding hydrogens is 272 g/mol. The van der Waals surface area contributed by atoms with Gasteiger partial charge in [-0.15, -0.1) is 0 Å². The summed E-state index contributed by atoms with van der Waals surface area (Å²) in [5, 5.41) is 26.0. The Kier molecular flexibility index (Phi) is 5.00. The van der Waals surface area contributed by atoms with Crippen LogP contribution in [0.2, 0.25) is 0 Å². The quantitative estimate of drug-likeness (QED) is 0.656. The molecule has 8 heteroatoms. The molecule has 0 aliphatic heterocycles. The number of benzene rings is 1. The van der Waals surface area contributed by atoms with Crippen molar-refractivity contribution < 1.29 is 23.4 Å². The monoisotopic (exact) mass is 284 g/mol. The molecule has 0 aliphatic carbocycles. The number of nitrogens with one attached hydrogen (secondary N) is 1. The zero-order valence-electron chi connectivity index (χ0n) is 9.78. The largest absolute Gasteiger partial charge is 0.479 e. The first-order chi connectivity index (χ1) is 8.86. The Labute approximate surface area is 110 Å². The van der Waals surface area contributed by atoms with E-state index >= 15 is 0 Å². The van der Waals surface area contributed by atoms with E-state index in [1.807, 2.05) is 6.07 Å². The molecule has 19 heavy (non-hydrogen) atoms. The van der Waals surface area contributed by atoms with Crippen LogP contribution in [0.1, 0.15) is 12.0 Å². The fourth-order valence-electron chi connectivity index (χ4n) is 1.25. The Morgan fingerprint density at radius 2 is 1.95 bits per heavy atom. The number of aliphatic hydroxyl groups excluding tert-OH is 1. The highest BCUT2D eigenvalue weighted by Gasteiger charge is 2.16. The number of carbonyl (C=O) groups is 1. The molecule has 0 amide bonds. The topological polar surface area (TPSA) is 127 Å². The lowest BCUT2D eigenvalue weighted by Crippen LogP contribution is -2.30. The molecule has 1 unspecified atom stereocenters. The number of sulfonamides is 1. The molecule has 3 N–H and O–H groups in total. The average molecular weight is 284 g/mol. The van der Waals surface area contributed by atoms with E-state index in [2.05, 4.69) is 4.72 Å². The standard InChI is InChI=1S/C11H12N2O5S/c12-7-8-1-3-9(4-2-8)19(17,18)13-6-5-10(14)11(15)16/h1-4,10,13-14H,5-6H2,(H,15,16). The van der Waals surface area contributed by atoms with Crippen LogP contribution in [0.4, 0.5) is 0 Å². The van der Waals surface area contributed by atoms with Gasteiger partial charge in [0, 0.05) is 6.54 Å². The van der Waals surface area contributed by atoms with Crippen molar-refractivity contribution in [2.45, 2.75) is 17.4 Å². The van der Waals surface area contributed by atoms with Gasteiger partial charge in [0.2, 0.25) is 10.0 Å². The van der Waals surface area contributed by atoms with Gasteiger partial charge < -0.3 is 10.2 Å². The van der Waals surface area contributed by atoms with Crippen molar-refractivity contribution in [3.05, 3.63) is 29.8 Å². The van der Waals surface area contributed by atoms with Crippen molar-refractivity contribution in [3.63, 3.8) is 0 Å². The van der Waals surface area contributed by atoms with Crippen LogP contribution in [0.25, 0.3) is 0 Å². The molecule has 102 valence electrons. The van der Waals surface area contributed by atoms with Crippen LogP contribution in [0, 0.1) is 11.3 Å². The predicted molar refractivity (Wildman–Crippen MR) is 64.6 cm³/mol. The van der Waals surface area contributed by atoms with E-state index in [4.69, 9.17) is 15.5 Å². The Hall–Kier alpha value is -1.95. The minimum atomic E-state index is -3.77. The number of aliphatic hydroxyl groups is 1. The minimum absolute atomic E-state index is 0.0312. The summed E-state index contributed by atoms with van der Waals surface area (Å²) in [6.45, 7) is -0.199. The van der Waals surface area contributed by atoms with Crippen molar-refractivity contribution in [2.75, 3.05) is 6.54 Å². The van der Waals surface area contributed by atoms with Gasteiger partial charge in [0.05, 0.1) is 16.5 Å². The molecule has 1 rings (SSSR count). The van der Waals surface area contributed by atoms with Crippen molar-refractivity contribution in [2.24, 2.45) is 0 Å². The second-order valence-electron chi connectivity index (χ2n) is 3.68. The van der Waals surface area contributed by atoms with E-state index < -0.39 is 22.1 Å². The predicted octanol–water partition coefficient (Wildman–Crippen LogP) is -0.328. The molecule has 0 spiro atoms. The van der Waals surface area contributed by atoms with Gasteiger partial charge in [0.15, 0.2) is 6.10 Å². The molecule has 0 aromatic heterocycles. The van der Waals surface area contributed by atoms with Gasteiger partial charge in [-0.3, -0.25) is 0 Å². The molecule has 7 nitrogen and oxygen atoms in total. The molecule has 1 aromatic carbocycles. The SMILES string of the molecule is N#Cc1ccc(S(=O)(=O)NCCC(O)C(=O)O)cc1. The van der Waals surface area contributed by atoms with E-state index in [1.165, 1.54) is 24.3 Å². The summed E-state index contributed by atoms with van der Waals surface area (Å²) in [5.74, 6) is -1.41.